The van der Waals surface area contributed by atoms with Crippen LogP contribution in [0, 0.1) is 23.7 Å². The Morgan fingerprint density at radius 3 is 2.11 bits per heavy atom. The van der Waals surface area contributed by atoms with Crippen molar-refractivity contribution in [3.63, 3.8) is 0 Å². The zero-order valence-electron chi connectivity index (χ0n) is 19.9. The van der Waals surface area contributed by atoms with E-state index in [4.69, 9.17) is 0 Å². The van der Waals surface area contributed by atoms with Crippen LogP contribution >= 0.6 is 0 Å². The number of fused-ring (bicyclic) bond motifs is 6. The third kappa shape index (κ3) is 2.26. The van der Waals surface area contributed by atoms with E-state index in [1.54, 1.807) is 11.1 Å². The predicted molar refractivity (Wildman–Crippen MR) is 145 cm³/mol. The van der Waals surface area contributed by atoms with Gasteiger partial charge in [0.25, 0.3) is 0 Å². The molecule has 1 spiro atoms. The number of aromatic nitrogens is 1. The Kier molecular flexibility index (Phi) is 3.50. The maximum absolute atomic E-state index is 3.67. The number of para-hydroxylation sites is 1. The van der Waals surface area contributed by atoms with Crippen LogP contribution in [0.2, 0.25) is 0 Å². The van der Waals surface area contributed by atoms with E-state index in [-0.39, 0.29) is 5.41 Å². The molecule has 5 aliphatic carbocycles. The topological polar surface area (TPSA) is 15.8 Å². The van der Waals surface area contributed by atoms with Crippen LogP contribution in [0.25, 0.3) is 44.1 Å². The highest BCUT2D eigenvalue weighted by Gasteiger charge is 2.61. The number of hydrogen-bond acceptors (Lipinski definition) is 0. The molecule has 1 heteroatoms. The van der Waals surface area contributed by atoms with E-state index in [0.29, 0.717) is 0 Å². The molecule has 0 aliphatic heterocycles. The van der Waals surface area contributed by atoms with Crippen LogP contribution in [0.15, 0.2) is 84.9 Å². The molecule has 35 heavy (non-hydrogen) atoms. The molecular formula is C34H29N. The maximum Gasteiger partial charge on any atom is 0.0471 e. The molecule has 4 fully saturated rings. The summed E-state index contributed by atoms with van der Waals surface area (Å²) in [6.07, 6.45) is 7.25. The van der Waals surface area contributed by atoms with Gasteiger partial charge in [-0.05, 0) is 101 Å². The Morgan fingerprint density at radius 1 is 0.571 bits per heavy atom. The lowest BCUT2D eigenvalue weighted by Crippen LogP contribution is -2.55. The lowest BCUT2D eigenvalue weighted by molar-refractivity contribution is -0.0399. The predicted octanol–water partition coefficient (Wildman–Crippen LogP) is 8.71. The molecule has 5 aromatic rings. The van der Waals surface area contributed by atoms with E-state index in [9.17, 15) is 0 Å². The Hall–Kier alpha value is -3.32. The fraction of sp³-hybridized carbons (Fsp3) is 0.294. The highest BCUT2D eigenvalue weighted by molar-refractivity contribution is 6.08. The van der Waals surface area contributed by atoms with E-state index in [2.05, 4.69) is 89.9 Å². The van der Waals surface area contributed by atoms with E-state index >= 15 is 0 Å². The first kappa shape index (κ1) is 18.9. The van der Waals surface area contributed by atoms with Crippen LogP contribution in [0.3, 0.4) is 0 Å². The largest absolute Gasteiger partial charge is 0.354 e. The van der Waals surface area contributed by atoms with Gasteiger partial charge in [-0.2, -0.15) is 0 Å². The van der Waals surface area contributed by atoms with Crippen LogP contribution < -0.4 is 0 Å². The number of nitrogens with one attached hydrogen (secondary N) is 1. The van der Waals surface area contributed by atoms with Crippen LogP contribution in [-0.4, -0.2) is 4.98 Å². The zero-order valence-corrected chi connectivity index (χ0v) is 19.9. The number of benzene rings is 4. The summed E-state index contributed by atoms with van der Waals surface area (Å²) in [5.74, 6) is 3.58. The standard InChI is InChI=1S/C34H29N/c1-3-9-29-28(7-1)33-25(22-12-13-27-26-6-2-4-11-31(26)35-32(27)19-22)8-5-10-30(33)34(29)23-15-20-14-21(17-23)18-24(34)16-20/h1-13,19-21,23-24,35H,14-18H2. The molecule has 0 amide bonds. The first-order valence-electron chi connectivity index (χ1n) is 13.5. The first-order valence-corrected chi connectivity index (χ1v) is 13.5. The minimum Gasteiger partial charge on any atom is -0.354 e. The van der Waals surface area contributed by atoms with Gasteiger partial charge in [0.1, 0.15) is 0 Å². The van der Waals surface area contributed by atoms with Crippen molar-refractivity contribution in [3.8, 4) is 22.3 Å². The summed E-state index contributed by atoms with van der Waals surface area (Å²) in [6.45, 7) is 0. The Morgan fingerprint density at radius 2 is 1.26 bits per heavy atom. The molecule has 10 rings (SSSR count). The lowest BCUT2D eigenvalue weighted by atomic mass is 9.43. The SMILES string of the molecule is c1ccc2c(c1)-c1c(-c3ccc4c(c3)[nH]c3ccccc34)cccc1C21C2CC3CC(C2)CC1C3. The number of H-pyrrole nitrogens is 1. The molecule has 0 atom stereocenters. The molecular weight excluding hydrogens is 422 g/mol. The summed E-state index contributed by atoms with van der Waals surface area (Å²) in [7, 11) is 0. The third-order valence-electron chi connectivity index (χ3n) is 10.4. The summed E-state index contributed by atoms with van der Waals surface area (Å²) in [6, 6.07) is 32.4. The van der Waals surface area contributed by atoms with Crippen molar-refractivity contribution < 1.29 is 0 Å². The third-order valence-corrected chi connectivity index (χ3v) is 10.4. The molecule has 5 aliphatic rings. The molecule has 4 bridgehead atoms. The van der Waals surface area contributed by atoms with Crippen LogP contribution in [0.1, 0.15) is 43.2 Å². The van der Waals surface area contributed by atoms with E-state index < -0.39 is 0 Å². The highest BCUT2D eigenvalue weighted by atomic mass is 14.7. The van der Waals surface area contributed by atoms with Gasteiger partial charge in [0.15, 0.2) is 0 Å². The summed E-state index contributed by atoms with van der Waals surface area (Å²) in [4.78, 5) is 3.67. The van der Waals surface area contributed by atoms with Gasteiger partial charge in [-0.25, -0.2) is 0 Å². The van der Waals surface area contributed by atoms with Gasteiger partial charge >= 0.3 is 0 Å². The highest BCUT2D eigenvalue weighted by Crippen LogP contribution is 2.69. The minimum atomic E-state index is 0.237. The summed E-state index contributed by atoms with van der Waals surface area (Å²) in [5.41, 5.74) is 11.7. The van der Waals surface area contributed by atoms with Crippen LogP contribution in [-0.2, 0) is 5.41 Å². The van der Waals surface area contributed by atoms with Gasteiger partial charge in [-0.15, -0.1) is 0 Å². The number of rotatable bonds is 1. The van der Waals surface area contributed by atoms with Crippen molar-refractivity contribution in [2.45, 2.75) is 37.5 Å². The molecule has 1 heterocycles. The van der Waals surface area contributed by atoms with Gasteiger partial charge in [-0.1, -0.05) is 72.8 Å². The maximum atomic E-state index is 3.67. The fourth-order valence-electron chi connectivity index (χ4n) is 9.46. The quantitative estimate of drug-likeness (QED) is 0.262. The summed E-state index contributed by atoms with van der Waals surface area (Å²) in [5, 5.41) is 2.63. The lowest BCUT2D eigenvalue weighted by Gasteiger charge is -2.61. The molecule has 1 nitrogen and oxygen atoms in total. The molecule has 4 saturated carbocycles. The van der Waals surface area contributed by atoms with Gasteiger partial charge in [0.2, 0.25) is 0 Å². The van der Waals surface area contributed by atoms with Crippen molar-refractivity contribution >= 4 is 21.8 Å². The van der Waals surface area contributed by atoms with Crippen molar-refractivity contribution in [2.75, 3.05) is 0 Å². The molecule has 1 aromatic heterocycles. The molecule has 0 saturated heterocycles. The van der Waals surface area contributed by atoms with Crippen LogP contribution in [0.4, 0.5) is 0 Å². The smallest absolute Gasteiger partial charge is 0.0471 e. The molecule has 170 valence electrons. The summed E-state index contributed by atoms with van der Waals surface area (Å²) >= 11 is 0. The van der Waals surface area contributed by atoms with Crippen LogP contribution in [0.5, 0.6) is 0 Å². The zero-order chi connectivity index (χ0) is 22.7. The molecule has 1 N–H and O–H groups in total. The van der Waals surface area contributed by atoms with E-state index in [1.807, 2.05) is 0 Å². The molecule has 0 unspecified atom stereocenters. The van der Waals surface area contributed by atoms with E-state index in [0.717, 1.165) is 23.7 Å². The Balaban J connectivity index is 1.31. The average molecular weight is 452 g/mol. The van der Waals surface area contributed by atoms with E-state index in [1.165, 1.54) is 76.2 Å². The van der Waals surface area contributed by atoms with Gasteiger partial charge in [0, 0.05) is 27.2 Å². The average Bonchev–Trinajstić information content (AvgIpc) is 3.40. The summed E-state index contributed by atoms with van der Waals surface area (Å²) < 4.78 is 0. The molecule has 0 radical (unpaired) electrons. The van der Waals surface area contributed by atoms with Gasteiger partial charge < -0.3 is 4.98 Å². The second-order valence-corrected chi connectivity index (χ2v) is 11.9. The Labute approximate surface area is 206 Å². The first-order chi connectivity index (χ1) is 17.3. The monoisotopic (exact) mass is 451 g/mol. The number of hydrogen-bond donors (Lipinski definition) is 1. The molecule has 4 aromatic carbocycles. The minimum absolute atomic E-state index is 0.237. The Bertz CT molecular complexity index is 1640. The van der Waals surface area contributed by atoms with Gasteiger partial charge in [-0.3, -0.25) is 0 Å². The second kappa shape index (κ2) is 6.46. The van der Waals surface area contributed by atoms with Crippen molar-refractivity contribution in [2.24, 2.45) is 23.7 Å². The van der Waals surface area contributed by atoms with Crippen molar-refractivity contribution in [1.29, 1.82) is 0 Å². The van der Waals surface area contributed by atoms with Crippen molar-refractivity contribution in [1.82, 2.24) is 4.98 Å². The normalized spacial score (nSPS) is 29.8. The fourth-order valence-corrected chi connectivity index (χ4v) is 9.46. The number of aromatic amines is 1. The van der Waals surface area contributed by atoms with Gasteiger partial charge in [0.05, 0.1) is 0 Å². The second-order valence-electron chi connectivity index (χ2n) is 11.9. The van der Waals surface area contributed by atoms with Crippen molar-refractivity contribution in [3.05, 3.63) is 96.1 Å².